The van der Waals surface area contributed by atoms with Gasteiger partial charge in [0.15, 0.2) is 11.4 Å². The van der Waals surface area contributed by atoms with Crippen LogP contribution in [0.5, 0.6) is 0 Å². The van der Waals surface area contributed by atoms with Gasteiger partial charge in [0.2, 0.25) is 0 Å². The van der Waals surface area contributed by atoms with Crippen LogP contribution in [0.4, 0.5) is 0 Å². The minimum absolute atomic E-state index is 0. The Kier molecular flexibility index (Phi) is 7.89. The second kappa shape index (κ2) is 9.62. The van der Waals surface area contributed by atoms with E-state index in [1.807, 2.05) is 13.8 Å². The van der Waals surface area contributed by atoms with E-state index >= 15 is 0 Å². The molecule has 0 amide bonds. The Morgan fingerprint density at radius 2 is 1.78 bits per heavy atom. The maximum Gasteiger partial charge on any atom is 0.320 e. The number of nitrogens with zero attached hydrogens (tertiary/aromatic N) is 1. The number of ether oxygens (including phenoxy) is 2. The number of hydrogen-bond acceptors (Lipinski definition) is 8. The molecule has 8 atom stereocenters. The highest BCUT2D eigenvalue weighted by Gasteiger charge is 2.81. The van der Waals surface area contributed by atoms with Crippen LogP contribution in [0, 0.1) is 16.7 Å². The lowest BCUT2D eigenvalue weighted by molar-refractivity contribution is -0.370. The van der Waals surface area contributed by atoms with Gasteiger partial charge in [-0.15, -0.1) is 19.0 Å². The van der Waals surface area contributed by atoms with Crippen molar-refractivity contribution in [3.63, 3.8) is 0 Å². The van der Waals surface area contributed by atoms with Crippen LogP contribution in [0.2, 0.25) is 0 Å². The van der Waals surface area contributed by atoms with Gasteiger partial charge in [0.05, 0.1) is 18.2 Å². The van der Waals surface area contributed by atoms with E-state index in [2.05, 4.69) is 11.5 Å². The van der Waals surface area contributed by atoms with E-state index in [9.17, 15) is 24.9 Å². The monoisotopic (exact) mass is 529 g/mol. The van der Waals surface area contributed by atoms with Gasteiger partial charge in [-0.25, -0.2) is 0 Å². The van der Waals surface area contributed by atoms with Crippen molar-refractivity contribution in [2.24, 2.45) is 16.7 Å². The maximum absolute atomic E-state index is 13.8. The van der Waals surface area contributed by atoms with Gasteiger partial charge < -0.3 is 24.8 Å². The molecule has 9 heteroatoms. The molecule has 0 radical (unpaired) electrons. The number of carbonyl (C=O) groups is 2. The Morgan fingerprint density at radius 3 is 2.36 bits per heavy atom. The van der Waals surface area contributed by atoms with Crippen molar-refractivity contribution in [2.45, 2.75) is 108 Å². The number of fused-ring (bicyclic) bond motifs is 3. The van der Waals surface area contributed by atoms with Crippen molar-refractivity contribution < 1.29 is 34.4 Å². The number of Topliss-reactive ketones (excluding diaryl/α,β-unsaturated/α-hetero) is 1. The minimum atomic E-state index is -2.19. The molecule has 0 aromatic heterocycles. The number of ketones is 1. The summed E-state index contributed by atoms with van der Waals surface area (Å²) in [4.78, 5) is 29.0. The van der Waals surface area contributed by atoms with Gasteiger partial charge in [0.25, 0.3) is 0 Å². The van der Waals surface area contributed by atoms with Crippen molar-refractivity contribution in [1.82, 2.24) is 4.90 Å². The van der Waals surface area contributed by atoms with Gasteiger partial charge in [-0.3, -0.25) is 14.5 Å². The first-order valence-corrected chi connectivity index (χ1v) is 13.0. The molecule has 4 aliphatic rings. The molecule has 4 fully saturated rings. The largest absolute Gasteiger partial charge is 0.458 e. The summed E-state index contributed by atoms with van der Waals surface area (Å²) in [5, 5.41) is 35.5. The summed E-state index contributed by atoms with van der Waals surface area (Å²) in [7, 11) is 0. The Bertz CT molecular complexity index is 891. The number of aliphatic hydroxyl groups excluding tert-OH is 2. The number of rotatable bonds is 4. The molecular weight excluding hydrogens is 486 g/mol. The number of hydrogen-bond donors (Lipinski definition) is 3. The summed E-state index contributed by atoms with van der Waals surface area (Å²) in [6.45, 7) is 14.4. The first-order valence-electron chi connectivity index (χ1n) is 13.0. The highest BCUT2D eigenvalue weighted by molar-refractivity contribution is 5.92. The van der Waals surface area contributed by atoms with Crippen LogP contribution < -0.4 is 0 Å². The lowest BCUT2D eigenvalue weighted by Gasteiger charge is -2.71. The van der Waals surface area contributed by atoms with Crippen molar-refractivity contribution in [3.05, 3.63) is 12.7 Å². The molecule has 4 rings (SSSR count). The summed E-state index contributed by atoms with van der Waals surface area (Å²) in [6, 6.07) is 0. The number of aliphatic hydroxyl groups is 3. The Hall–Kier alpha value is -1.03. The first-order chi connectivity index (χ1) is 16.2. The first kappa shape index (κ1) is 29.5. The van der Waals surface area contributed by atoms with E-state index in [-0.39, 0.29) is 25.4 Å². The van der Waals surface area contributed by atoms with Crippen molar-refractivity contribution in [1.29, 1.82) is 0 Å². The van der Waals surface area contributed by atoms with Gasteiger partial charge >= 0.3 is 5.97 Å². The van der Waals surface area contributed by atoms with Crippen molar-refractivity contribution in [2.75, 3.05) is 19.6 Å². The summed E-state index contributed by atoms with van der Waals surface area (Å²) < 4.78 is 12.4. The third-order valence-electron chi connectivity index (χ3n) is 9.81. The summed E-state index contributed by atoms with van der Waals surface area (Å²) in [6.07, 6.45) is 1.89. The predicted molar refractivity (Wildman–Crippen MR) is 137 cm³/mol. The number of carbonyl (C=O) groups excluding carboxylic acids is 2. The highest BCUT2D eigenvalue weighted by Crippen LogP contribution is 2.67. The average molecular weight is 530 g/mol. The Labute approximate surface area is 220 Å². The fourth-order valence-electron chi connectivity index (χ4n) is 7.89. The molecular formula is C27H44ClNO7. The van der Waals surface area contributed by atoms with Gasteiger partial charge in [-0.2, -0.15) is 0 Å². The van der Waals surface area contributed by atoms with Gasteiger partial charge in [0, 0.05) is 17.8 Å². The molecule has 0 spiro atoms. The molecule has 2 saturated heterocycles. The fourth-order valence-corrected chi connectivity index (χ4v) is 7.89. The molecule has 206 valence electrons. The highest BCUT2D eigenvalue weighted by atomic mass is 35.5. The molecule has 3 N–H and O–H groups in total. The van der Waals surface area contributed by atoms with Crippen LogP contribution in [0.25, 0.3) is 0 Å². The molecule has 2 saturated carbocycles. The molecule has 0 aromatic carbocycles. The third kappa shape index (κ3) is 4.07. The quantitative estimate of drug-likeness (QED) is 0.375. The second-order valence-electron chi connectivity index (χ2n) is 12.6. The Morgan fingerprint density at radius 1 is 1.17 bits per heavy atom. The van der Waals surface area contributed by atoms with E-state index in [4.69, 9.17) is 9.47 Å². The van der Waals surface area contributed by atoms with Crippen LogP contribution in [0.1, 0.15) is 73.1 Å². The zero-order chi connectivity index (χ0) is 26.0. The summed E-state index contributed by atoms with van der Waals surface area (Å²) in [5.41, 5.74) is -7.11. The topological polar surface area (TPSA) is 117 Å². The zero-order valence-corrected chi connectivity index (χ0v) is 23.1. The van der Waals surface area contributed by atoms with Gasteiger partial charge in [0.1, 0.15) is 17.8 Å². The molecule has 8 unspecified atom stereocenters. The maximum atomic E-state index is 13.8. The normalized spacial score (nSPS) is 46.6. The van der Waals surface area contributed by atoms with E-state index in [1.54, 1.807) is 13.8 Å². The van der Waals surface area contributed by atoms with E-state index in [0.29, 0.717) is 12.8 Å². The van der Waals surface area contributed by atoms with Gasteiger partial charge in [-0.05, 0) is 58.0 Å². The average Bonchev–Trinajstić information content (AvgIpc) is 2.78. The number of piperidine rings is 1. The van der Waals surface area contributed by atoms with Crippen LogP contribution in [0.15, 0.2) is 12.7 Å². The van der Waals surface area contributed by atoms with Crippen molar-refractivity contribution in [3.8, 4) is 0 Å². The molecule has 36 heavy (non-hydrogen) atoms. The van der Waals surface area contributed by atoms with Gasteiger partial charge in [-0.1, -0.05) is 33.3 Å². The van der Waals surface area contributed by atoms with Crippen LogP contribution in [-0.2, 0) is 19.1 Å². The lowest BCUT2D eigenvalue weighted by atomic mass is 9.40. The smallest absolute Gasteiger partial charge is 0.320 e. The van der Waals surface area contributed by atoms with Crippen LogP contribution in [0.3, 0.4) is 0 Å². The predicted octanol–water partition coefficient (Wildman–Crippen LogP) is 2.41. The van der Waals surface area contributed by atoms with E-state index in [0.717, 1.165) is 32.4 Å². The van der Waals surface area contributed by atoms with E-state index < -0.39 is 63.6 Å². The minimum Gasteiger partial charge on any atom is -0.458 e. The SMILES string of the molecule is C=CC1(C)CC(=O)C2(O)C(C)(O1)C(O)C(OC(=O)CN1CCCCC1)C1C(C)(C)CCC(O)C12C.Cl. The molecule has 0 bridgehead atoms. The number of likely N-dealkylation sites (tertiary alicyclic amines) is 1. The Balaban J connectivity index is 0.00000361. The molecule has 0 aromatic rings. The van der Waals surface area contributed by atoms with E-state index in [1.165, 1.54) is 13.0 Å². The zero-order valence-electron chi connectivity index (χ0n) is 22.3. The third-order valence-corrected chi connectivity index (χ3v) is 9.81. The number of halogens is 1. The lowest BCUT2D eigenvalue weighted by Crippen LogP contribution is -2.86. The standard InChI is InChI=1S/C27H43NO7.ClH/c1-7-24(4)15-18(30)27(33)25(5)17(29)11-12-23(2,3)21(25)20(22(32)26(27,6)35-24)34-19(31)16-28-13-9-8-10-14-28;/h7,17,20-22,29,32-33H,1,8-16H2,2-6H3;1H. The van der Waals surface area contributed by atoms with Crippen LogP contribution in [-0.4, -0.2) is 86.7 Å². The molecule has 8 nitrogen and oxygen atoms in total. The second-order valence-corrected chi connectivity index (χ2v) is 12.6. The molecule has 2 aliphatic heterocycles. The number of esters is 1. The summed E-state index contributed by atoms with van der Waals surface area (Å²) in [5.74, 6) is -1.65. The van der Waals surface area contributed by atoms with Crippen LogP contribution >= 0.6 is 12.4 Å². The molecule has 2 heterocycles. The summed E-state index contributed by atoms with van der Waals surface area (Å²) >= 11 is 0. The fraction of sp³-hybridized carbons (Fsp3) is 0.852. The molecule has 2 aliphatic carbocycles. The van der Waals surface area contributed by atoms with Crippen molar-refractivity contribution >= 4 is 24.2 Å².